The molecule has 0 spiro atoms. The van der Waals surface area contributed by atoms with Crippen LogP contribution in [0.15, 0.2) is 11.1 Å². The highest BCUT2D eigenvalue weighted by Crippen LogP contribution is 1.83. The van der Waals surface area contributed by atoms with Crippen molar-refractivity contribution in [3.63, 3.8) is 0 Å². The van der Waals surface area contributed by atoms with E-state index in [1.165, 1.54) is 17.9 Å². The summed E-state index contributed by atoms with van der Waals surface area (Å²) in [5.41, 5.74) is 4.84. The lowest BCUT2D eigenvalue weighted by molar-refractivity contribution is -0.138. The molecule has 0 saturated heterocycles. The van der Waals surface area contributed by atoms with Crippen LogP contribution >= 0.6 is 0 Å². The van der Waals surface area contributed by atoms with Crippen molar-refractivity contribution in [1.29, 1.82) is 0 Å². The van der Waals surface area contributed by atoms with Crippen LogP contribution in [0.3, 0.4) is 0 Å². The predicted molar refractivity (Wildman–Crippen MR) is 43.1 cm³/mol. The topological polar surface area (TPSA) is 103 Å². The van der Waals surface area contributed by atoms with Gasteiger partial charge in [-0.2, -0.15) is 5.10 Å². The van der Waals surface area contributed by atoms with Gasteiger partial charge in [-0.05, 0) is 0 Å². The molecule has 0 aliphatic rings. The lowest BCUT2D eigenvalue weighted by Crippen LogP contribution is -2.38. The highest BCUT2D eigenvalue weighted by atomic mass is 16.4. The van der Waals surface area contributed by atoms with Crippen molar-refractivity contribution in [2.24, 2.45) is 12.8 Å². The summed E-state index contributed by atoms with van der Waals surface area (Å²) in [6.45, 7) is -0.116. The maximum atomic E-state index is 11.1. The van der Waals surface area contributed by atoms with Gasteiger partial charge < -0.3 is 10.8 Å². The minimum absolute atomic E-state index is 0.116. The van der Waals surface area contributed by atoms with E-state index in [4.69, 9.17) is 10.8 Å². The molecule has 0 aliphatic carbocycles. The lowest BCUT2D eigenvalue weighted by Gasteiger charge is -2.03. The van der Waals surface area contributed by atoms with E-state index in [-0.39, 0.29) is 12.2 Å². The summed E-state index contributed by atoms with van der Waals surface area (Å²) in [5, 5.41) is 12.1. The second-order valence-electron chi connectivity index (χ2n) is 2.65. The highest BCUT2D eigenvalue weighted by Gasteiger charge is 2.14. The number of hydrogen-bond acceptors (Lipinski definition) is 4. The Morgan fingerprint density at radius 2 is 2.46 bits per heavy atom. The van der Waals surface area contributed by atoms with Crippen LogP contribution in [0.25, 0.3) is 0 Å². The van der Waals surface area contributed by atoms with E-state index in [2.05, 4.69) is 5.10 Å². The molecule has 1 atom stereocenters. The van der Waals surface area contributed by atoms with Crippen LogP contribution in [-0.4, -0.2) is 31.5 Å². The average molecular weight is 186 g/mol. The van der Waals surface area contributed by atoms with Crippen molar-refractivity contribution < 1.29 is 9.90 Å². The van der Waals surface area contributed by atoms with Crippen molar-refractivity contribution in [3.8, 4) is 0 Å². The third kappa shape index (κ3) is 1.94. The second kappa shape index (κ2) is 3.40. The summed E-state index contributed by atoms with van der Waals surface area (Å²) < 4.78 is 2.26. The molecule has 7 nitrogen and oxygen atoms in total. The molecule has 0 aromatic carbocycles. The minimum Gasteiger partial charge on any atom is -0.480 e. The highest BCUT2D eigenvalue weighted by molar-refractivity contribution is 5.72. The molecule has 0 fully saturated rings. The number of nitrogens with two attached hydrogens (primary N) is 1. The Balaban J connectivity index is 2.81. The number of carboxylic acids is 1. The van der Waals surface area contributed by atoms with E-state index in [0.29, 0.717) is 0 Å². The van der Waals surface area contributed by atoms with E-state index in [1.807, 2.05) is 0 Å². The average Bonchev–Trinajstić information content (AvgIpc) is 2.36. The predicted octanol–water partition coefficient (Wildman–Crippen LogP) is -2.01. The first-order valence-electron chi connectivity index (χ1n) is 3.59. The number of nitrogens with zero attached hydrogens (tertiary/aromatic N) is 3. The molecule has 1 rings (SSSR count). The van der Waals surface area contributed by atoms with Crippen molar-refractivity contribution >= 4 is 5.97 Å². The zero-order valence-electron chi connectivity index (χ0n) is 7.04. The third-order valence-corrected chi connectivity index (χ3v) is 1.57. The molecule has 0 bridgehead atoms. The lowest BCUT2D eigenvalue weighted by atomic mass is 10.3. The van der Waals surface area contributed by atoms with Crippen LogP contribution in [0.2, 0.25) is 0 Å². The maximum absolute atomic E-state index is 11.1. The Morgan fingerprint density at radius 1 is 1.85 bits per heavy atom. The molecular formula is C6H10N4O3. The van der Waals surface area contributed by atoms with Gasteiger partial charge in [-0.15, -0.1) is 0 Å². The Kier molecular flexibility index (Phi) is 2.47. The Hall–Kier alpha value is -1.63. The zero-order chi connectivity index (χ0) is 10.0. The summed E-state index contributed by atoms with van der Waals surface area (Å²) in [5.74, 6) is -1.16. The second-order valence-corrected chi connectivity index (χ2v) is 2.65. The number of aliphatic carboxylic acids is 1. The fourth-order valence-electron chi connectivity index (χ4n) is 0.810. The van der Waals surface area contributed by atoms with Crippen molar-refractivity contribution in [3.05, 3.63) is 16.8 Å². The number of hydrogen-bond donors (Lipinski definition) is 2. The first-order chi connectivity index (χ1) is 6.02. The smallest absolute Gasteiger partial charge is 0.345 e. The molecule has 0 saturated carbocycles. The molecule has 7 heteroatoms. The van der Waals surface area contributed by atoms with Gasteiger partial charge >= 0.3 is 11.7 Å². The van der Waals surface area contributed by atoms with E-state index >= 15 is 0 Å². The third-order valence-electron chi connectivity index (χ3n) is 1.57. The first-order valence-corrected chi connectivity index (χ1v) is 3.59. The summed E-state index contributed by atoms with van der Waals surface area (Å²) in [4.78, 5) is 21.5. The normalized spacial score (nSPS) is 12.8. The van der Waals surface area contributed by atoms with Crippen LogP contribution < -0.4 is 11.4 Å². The van der Waals surface area contributed by atoms with Gasteiger partial charge in [0.15, 0.2) is 0 Å². The summed E-state index contributed by atoms with van der Waals surface area (Å²) >= 11 is 0. The van der Waals surface area contributed by atoms with E-state index < -0.39 is 12.0 Å². The number of aromatic nitrogens is 3. The van der Waals surface area contributed by atoms with Crippen LogP contribution in [0.1, 0.15) is 0 Å². The molecule has 72 valence electrons. The van der Waals surface area contributed by atoms with E-state index in [1.54, 1.807) is 0 Å². The fourth-order valence-corrected chi connectivity index (χ4v) is 0.810. The molecule has 0 radical (unpaired) electrons. The monoisotopic (exact) mass is 186 g/mol. The van der Waals surface area contributed by atoms with Gasteiger partial charge in [0.2, 0.25) is 0 Å². The summed E-state index contributed by atoms with van der Waals surface area (Å²) in [6, 6.07) is -1.10. The maximum Gasteiger partial charge on any atom is 0.345 e. The van der Waals surface area contributed by atoms with E-state index in [0.717, 1.165) is 4.68 Å². The van der Waals surface area contributed by atoms with Crippen LogP contribution in [-0.2, 0) is 18.4 Å². The van der Waals surface area contributed by atoms with Crippen molar-refractivity contribution in [2.45, 2.75) is 12.6 Å². The van der Waals surface area contributed by atoms with Gasteiger partial charge in [-0.3, -0.25) is 9.36 Å². The molecule has 3 N–H and O–H groups in total. The number of rotatable bonds is 3. The standard InChI is InChI=1S/C6H10N4O3/c1-9-3-8-10(6(9)13)2-4(7)5(11)12/h3-4H,2,7H2,1H3,(H,11,12). The molecule has 1 aromatic heterocycles. The van der Waals surface area contributed by atoms with Gasteiger partial charge in [0.1, 0.15) is 12.4 Å². The minimum atomic E-state index is -1.16. The van der Waals surface area contributed by atoms with Crippen LogP contribution in [0, 0.1) is 0 Å². The zero-order valence-corrected chi connectivity index (χ0v) is 7.04. The Morgan fingerprint density at radius 3 is 2.85 bits per heavy atom. The molecule has 1 heterocycles. The molecular weight excluding hydrogens is 176 g/mol. The fraction of sp³-hybridized carbons (Fsp3) is 0.500. The van der Waals surface area contributed by atoms with Gasteiger partial charge in [-0.1, -0.05) is 0 Å². The number of carbonyl (C=O) groups is 1. The Bertz CT molecular complexity index is 366. The SMILES string of the molecule is Cn1cnn(CC(N)C(=O)O)c1=O. The molecule has 0 amide bonds. The summed E-state index contributed by atoms with van der Waals surface area (Å²) in [7, 11) is 1.53. The largest absolute Gasteiger partial charge is 0.480 e. The molecule has 1 unspecified atom stereocenters. The number of aryl methyl sites for hydroxylation is 1. The quantitative estimate of drug-likeness (QED) is 0.568. The van der Waals surface area contributed by atoms with Gasteiger partial charge in [0.25, 0.3) is 0 Å². The molecule has 1 aromatic rings. The van der Waals surface area contributed by atoms with Crippen LogP contribution in [0.4, 0.5) is 0 Å². The number of carboxylic acid groups (broad SMARTS) is 1. The van der Waals surface area contributed by atoms with Crippen LogP contribution in [0.5, 0.6) is 0 Å². The van der Waals surface area contributed by atoms with Gasteiger partial charge in [-0.25, -0.2) is 9.48 Å². The molecule has 0 aliphatic heterocycles. The summed E-state index contributed by atoms with van der Waals surface area (Å²) in [6.07, 6.45) is 1.30. The van der Waals surface area contributed by atoms with Crippen molar-refractivity contribution in [2.75, 3.05) is 0 Å². The Labute approximate surface area is 73.4 Å². The van der Waals surface area contributed by atoms with Gasteiger partial charge in [0.05, 0.1) is 6.54 Å². The molecule has 13 heavy (non-hydrogen) atoms. The van der Waals surface area contributed by atoms with E-state index in [9.17, 15) is 9.59 Å². The van der Waals surface area contributed by atoms with Crippen molar-refractivity contribution in [1.82, 2.24) is 14.3 Å². The first kappa shape index (κ1) is 9.46. The van der Waals surface area contributed by atoms with Gasteiger partial charge in [0, 0.05) is 7.05 Å².